The molecule has 26 heavy (non-hydrogen) atoms. The Bertz CT molecular complexity index is 750. The third-order valence-corrected chi connectivity index (χ3v) is 5.71. The van der Waals surface area contributed by atoms with Gasteiger partial charge >= 0.3 is 0 Å². The molecule has 0 amide bonds. The van der Waals surface area contributed by atoms with Crippen molar-refractivity contribution in [3.05, 3.63) is 42.2 Å². The van der Waals surface area contributed by atoms with E-state index in [1.807, 2.05) is 6.07 Å². The molecule has 0 radical (unpaired) electrons. The fraction of sp³-hybridized carbons (Fsp3) is 0.524. The highest BCUT2D eigenvalue weighted by molar-refractivity contribution is 5.52. The van der Waals surface area contributed by atoms with Gasteiger partial charge in [0, 0.05) is 38.2 Å². The summed E-state index contributed by atoms with van der Waals surface area (Å²) in [5.41, 5.74) is 1.30. The van der Waals surface area contributed by atoms with Crippen LogP contribution in [0.1, 0.15) is 37.7 Å². The number of benzene rings is 1. The second-order valence-corrected chi connectivity index (χ2v) is 7.60. The zero-order valence-corrected chi connectivity index (χ0v) is 15.8. The van der Waals surface area contributed by atoms with Crippen LogP contribution in [0, 0.1) is 5.92 Å². The van der Waals surface area contributed by atoms with E-state index >= 15 is 0 Å². The first kappa shape index (κ1) is 17.1. The molecular formula is C21H28N4O. The molecule has 0 spiro atoms. The molecule has 2 atom stereocenters. The van der Waals surface area contributed by atoms with E-state index in [1.165, 1.54) is 18.4 Å². The number of para-hydroxylation sites is 1. The van der Waals surface area contributed by atoms with Crippen molar-refractivity contribution < 1.29 is 4.74 Å². The lowest BCUT2D eigenvalue weighted by molar-refractivity contribution is 0.406. The summed E-state index contributed by atoms with van der Waals surface area (Å²) in [4.78, 5) is 13.9. The average Bonchev–Trinajstić information content (AvgIpc) is 3.18. The van der Waals surface area contributed by atoms with Crippen molar-refractivity contribution in [2.24, 2.45) is 5.92 Å². The van der Waals surface area contributed by atoms with Crippen molar-refractivity contribution in [3.63, 3.8) is 0 Å². The van der Waals surface area contributed by atoms with Gasteiger partial charge in [-0.05, 0) is 36.8 Å². The van der Waals surface area contributed by atoms with Gasteiger partial charge in [0.1, 0.15) is 23.7 Å². The maximum atomic E-state index is 5.56. The van der Waals surface area contributed by atoms with Gasteiger partial charge in [-0.3, -0.25) is 0 Å². The lowest BCUT2D eigenvalue weighted by atomic mass is 9.97. The molecule has 138 valence electrons. The molecule has 0 saturated carbocycles. The normalized spacial score (nSPS) is 23.3. The van der Waals surface area contributed by atoms with Crippen molar-refractivity contribution in [3.8, 4) is 5.75 Å². The first-order valence-corrected chi connectivity index (χ1v) is 9.69. The average molecular weight is 352 g/mol. The lowest BCUT2D eigenvalue weighted by Crippen LogP contribution is -2.35. The molecule has 2 aliphatic heterocycles. The van der Waals surface area contributed by atoms with Crippen LogP contribution in [0.15, 0.2) is 36.7 Å². The number of piperidine rings is 1. The number of anilines is 2. The molecular weight excluding hydrogens is 324 g/mol. The predicted octanol–water partition coefficient (Wildman–Crippen LogP) is 3.72. The van der Waals surface area contributed by atoms with Crippen LogP contribution in [0.3, 0.4) is 0 Å². The van der Waals surface area contributed by atoms with Crippen LogP contribution in [0.5, 0.6) is 5.75 Å². The number of methoxy groups -OCH3 is 1. The van der Waals surface area contributed by atoms with Gasteiger partial charge in [-0.2, -0.15) is 0 Å². The molecule has 1 aromatic carbocycles. The SMILES string of the molecule is COc1ccccc1C1CCN(c2cc(N3CCCC(C)C3)ncn2)C1. The molecule has 4 rings (SSSR count). The summed E-state index contributed by atoms with van der Waals surface area (Å²) in [6, 6.07) is 10.5. The summed E-state index contributed by atoms with van der Waals surface area (Å²) < 4.78 is 5.56. The van der Waals surface area contributed by atoms with Gasteiger partial charge in [0.25, 0.3) is 0 Å². The van der Waals surface area contributed by atoms with Crippen molar-refractivity contribution in [2.75, 3.05) is 43.1 Å². The molecule has 2 aliphatic rings. The van der Waals surface area contributed by atoms with E-state index in [2.05, 4.69) is 51.0 Å². The van der Waals surface area contributed by atoms with Gasteiger partial charge in [-0.15, -0.1) is 0 Å². The Kier molecular flexibility index (Phi) is 4.96. The minimum atomic E-state index is 0.486. The standard InChI is InChI=1S/C21H28N4O/c1-16-6-5-10-24(13-16)20-12-21(23-15-22-20)25-11-9-17(14-25)18-7-3-4-8-19(18)26-2/h3-4,7-8,12,15-17H,5-6,9-11,13-14H2,1-2H3. The third-order valence-electron chi connectivity index (χ3n) is 5.71. The first-order chi connectivity index (χ1) is 12.7. The molecule has 2 aromatic rings. The molecule has 2 saturated heterocycles. The van der Waals surface area contributed by atoms with Gasteiger partial charge in [0.2, 0.25) is 0 Å². The molecule has 1 aromatic heterocycles. The van der Waals surface area contributed by atoms with Gasteiger partial charge in [-0.1, -0.05) is 25.1 Å². The molecule has 2 unspecified atom stereocenters. The topological polar surface area (TPSA) is 41.5 Å². The molecule has 5 heteroatoms. The highest BCUT2D eigenvalue weighted by atomic mass is 16.5. The van der Waals surface area contributed by atoms with Crippen molar-refractivity contribution in [1.82, 2.24) is 9.97 Å². The van der Waals surface area contributed by atoms with Crippen LogP contribution in [0.25, 0.3) is 0 Å². The van der Waals surface area contributed by atoms with Crippen LogP contribution in [-0.4, -0.2) is 43.3 Å². The Labute approximate surface area is 156 Å². The Morgan fingerprint density at radius 3 is 2.54 bits per heavy atom. The van der Waals surface area contributed by atoms with E-state index in [0.29, 0.717) is 5.92 Å². The number of nitrogens with zero attached hydrogens (tertiary/aromatic N) is 4. The highest BCUT2D eigenvalue weighted by Gasteiger charge is 2.27. The van der Waals surface area contributed by atoms with Crippen molar-refractivity contribution in [2.45, 2.75) is 32.1 Å². The highest BCUT2D eigenvalue weighted by Crippen LogP contribution is 2.35. The summed E-state index contributed by atoms with van der Waals surface area (Å²) in [5.74, 6) is 4.33. The molecule has 0 aliphatic carbocycles. The zero-order chi connectivity index (χ0) is 17.9. The monoisotopic (exact) mass is 352 g/mol. The Balaban J connectivity index is 1.49. The summed E-state index contributed by atoms with van der Waals surface area (Å²) in [5, 5.41) is 0. The van der Waals surface area contributed by atoms with Gasteiger partial charge < -0.3 is 14.5 Å². The van der Waals surface area contributed by atoms with E-state index in [-0.39, 0.29) is 0 Å². The third kappa shape index (κ3) is 3.48. The fourth-order valence-electron chi connectivity index (χ4n) is 4.31. The number of hydrogen-bond donors (Lipinski definition) is 0. The number of ether oxygens (including phenoxy) is 1. The molecule has 0 N–H and O–H groups in total. The zero-order valence-electron chi connectivity index (χ0n) is 15.8. The maximum Gasteiger partial charge on any atom is 0.134 e. The van der Waals surface area contributed by atoms with E-state index in [1.54, 1.807) is 13.4 Å². The van der Waals surface area contributed by atoms with Gasteiger partial charge in [0.15, 0.2) is 0 Å². The second kappa shape index (κ2) is 7.52. The molecule has 3 heterocycles. The fourth-order valence-corrected chi connectivity index (χ4v) is 4.31. The minimum absolute atomic E-state index is 0.486. The van der Waals surface area contributed by atoms with Crippen LogP contribution < -0.4 is 14.5 Å². The van der Waals surface area contributed by atoms with Crippen molar-refractivity contribution >= 4 is 11.6 Å². The minimum Gasteiger partial charge on any atom is -0.496 e. The predicted molar refractivity (Wildman–Crippen MR) is 105 cm³/mol. The smallest absolute Gasteiger partial charge is 0.134 e. The van der Waals surface area contributed by atoms with Gasteiger partial charge in [-0.25, -0.2) is 9.97 Å². The number of aromatic nitrogens is 2. The summed E-state index contributed by atoms with van der Waals surface area (Å²) in [6.45, 7) is 6.53. The molecule has 0 bridgehead atoms. The van der Waals surface area contributed by atoms with Crippen LogP contribution in [-0.2, 0) is 0 Å². The summed E-state index contributed by atoms with van der Waals surface area (Å²) in [7, 11) is 1.75. The molecule has 5 nitrogen and oxygen atoms in total. The molecule has 2 fully saturated rings. The number of hydrogen-bond acceptors (Lipinski definition) is 5. The summed E-state index contributed by atoms with van der Waals surface area (Å²) >= 11 is 0. The second-order valence-electron chi connectivity index (χ2n) is 7.60. The largest absolute Gasteiger partial charge is 0.496 e. The van der Waals surface area contributed by atoms with E-state index < -0.39 is 0 Å². The van der Waals surface area contributed by atoms with Gasteiger partial charge in [0.05, 0.1) is 7.11 Å². The van der Waals surface area contributed by atoms with E-state index in [4.69, 9.17) is 4.74 Å². The maximum absolute atomic E-state index is 5.56. The quantitative estimate of drug-likeness (QED) is 0.839. The van der Waals surface area contributed by atoms with Crippen LogP contribution >= 0.6 is 0 Å². The van der Waals surface area contributed by atoms with Crippen molar-refractivity contribution in [1.29, 1.82) is 0 Å². The first-order valence-electron chi connectivity index (χ1n) is 9.69. The Morgan fingerprint density at radius 1 is 1.00 bits per heavy atom. The van der Waals surface area contributed by atoms with E-state index in [9.17, 15) is 0 Å². The Morgan fingerprint density at radius 2 is 1.77 bits per heavy atom. The summed E-state index contributed by atoms with van der Waals surface area (Å²) in [6.07, 6.45) is 5.42. The lowest BCUT2D eigenvalue weighted by Gasteiger charge is -2.32. The number of rotatable bonds is 4. The Hall–Kier alpha value is -2.30. The van der Waals surface area contributed by atoms with Crippen LogP contribution in [0.4, 0.5) is 11.6 Å². The van der Waals surface area contributed by atoms with E-state index in [0.717, 1.165) is 55.9 Å². The van der Waals surface area contributed by atoms with Crippen LogP contribution in [0.2, 0.25) is 0 Å².